The summed E-state index contributed by atoms with van der Waals surface area (Å²) in [7, 11) is 0. The third kappa shape index (κ3) is 3.88. The summed E-state index contributed by atoms with van der Waals surface area (Å²) in [6.07, 6.45) is 1.63. The summed E-state index contributed by atoms with van der Waals surface area (Å²) < 4.78 is 10.6. The number of benzene rings is 1. The van der Waals surface area contributed by atoms with E-state index < -0.39 is 6.04 Å². The van der Waals surface area contributed by atoms with Crippen molar-refractivity contribution in [3.05, 3.63) is 23.8 Å². The van der Waals surface area contributed by atoms with Gasteiger partial charge in [0.05, 0.1) is 6.04 Å². The number of nitrogens with one attached hydrogen (secondary N) is 1. The van der Waals surface area contributed by atoms with Crippen molar-refractivity contribution in [2.75, 3.05) is 6.79 Å². The minimum Gasteiger partial charge on any atom is -0.454 e. The first-order valence-electron chi connectivity index (χ1n) is 7.45. The molecule has 2 rings (SSSR count). The molecular weight excluding hydrogens is 268 g/mol. The Kier molecular flexibility index (Phi) is 5.07. The van der Waals surface area contributed by atoms with Crippen molar-refractivity contribution in [1.82, 2.24) is 5.32 Å². The highest BCUT2D eigenvalue weighted by atomic mass is 16.7. The Morgan fingerprint density at radius 3 is 2.76 bits per heavy atom. The molecule has 116 valence electrons. The molecule has 0 aliphatic carbocycles. The zero-order valence-corrected chi connectivity index (χ0v) is 12.9. The van der Waals surface area contributed by atoms with Crippen molar-refractivity contribution in [2.24, 2.45) is 11.7 Å². The highest BCUT2D eigenvalue weighted by Crippen LogP contribution is 2.32. The molecule has 0 saturated heterocycles. The normalized spacial score (nSPS) is 17.1. The van der Waals surface area contributed by atoms with Crippen LogP contribution in [0.3, 0.4) is 0 Å². The van der Waals surface area contributed by atoms with Crippen LogP contribution in [-0.4, -0.2) is 24.8 Å². The molecule has 21 heavy (non-hydrogen) atoms. The predicted octanol–water partition coefficient (Wildman–Crippen LogP) is 1.84. The molecule has 0 fully saturated rings. The van der Waals surface area contributed by atoms with Gasteiger partial charge in [0, 0.05) is 6.04 Å². The Balaban J connectivity index is 1.89. The van der Waals surface area contributed by atoms with Gasteiger partial charge in [-0.25, -0.2) is 0 Å². The van der Waals surface area contributed by atoms with E-state index >= 15 is 0 Å². The molecule has 0 spiro atoms. The van der Waals surface area contributed by atoms with Gasteiger partial charge in [-0.2, -0.15) is 0 Å². The van der Waals surface area contributed by atoms with Gasteiger partial charge in [0.15, 0.2) is 11.5 Å². The maximum Gasteiger partial charge on any atom is 0.237 e. The van der Waals surface area contributed by atoms with E-state index in [1.807, 2.05) is 39.0 Å². The molecule has 0 bridgehead atoms. The predicted molar refractivity (Wildman–Crippen MR) is 81.3 cm³/mol. The molecule has 0 radical (unpaired) electrons. The fourth-order valence-electron chi connectivity index (χ4n) is 2.32. The highest BCUT2D eigenvalue weighted by Gasteiger charge is 2.21. The maximum atomic E-state index is 12.1. The standard InChI is InChI=1S/C16H24N2O3/c1-4-10(2)15(17)16(19)18-11(3)7-12-5-6-13-14(8-12)21-9-20-13/h5-6,8,10-11,15H,4,7,9,17H2,1-3H3,(H,18,19). The van der Waals surface area contributed by atoms with Gasteiger partial charge in [-0.15, -0.1) is 0 Å². The van der Waals surface area contributed by atoms with Crippen LogP contribution in [0.1, 0.15) is 32.8 Å². The molecule has 1 heterocycles. The van der Waals surface area contributed by atoms with Crippen LogP contribution in [0.4, 0.5) is 0 Å². The molecule has 1 amide bonds. The van der Waals surface area contributed by atoms with E-state index in [-0.39, 0.29) is 24.7 Å². The molecule has 3 N–H and O–H groups in total. The van der Waals surface area contributed by atoms with Crippen molar-refractivity contribution in [1.29, 1.82) is 0 Å². The minimum absolute atomic E-state index is 0.0213. The number of carbonyl (C=O) groups excluding carboxylic acids is 1. The second-order valence-electron chi connectivity index (χ2n) is 5.71. The second kappa shape index (κ2) is 6.80. The van der Waals surface area contributed by atoms with E-state index in [0.29, 0.717) is 0 Å². The number of fused-ring (bicyclic) bond motifs is 1. The lowest BCUT2D eigenvalue weighted by Crippen LogP contribution is -2.48. The van der Waals surface area contributed by atoms with Crippen LogP contribution >= 0.6 is 0 Å². The summed E-state index contributed by atoms with van der Waals surface area (Å²) in [6.45, 7) is 6.28. The SMILES string of the molecule is CCC(C)C(N)C(=O)NC(C)Cc1ccc2c(c1)OCO2. The lowest BCUT2D eigenvalue weighted by molar-refractivity contribution is -0.124. The molecule has 0 aromatic heterocycles. The van der Waals surface area contributed by atoms with E-state index in [1.165, 1.54) is 0 Å². The molecule has 3 unspecified atom stereocenters. The fourth-order valence-corrected chi connectivity index (χ4v) is 2.32. The minimum atomic E-state index is -0.450. The summed E-state index contributed by atoms with van der Waals surface area (Å²) in [5.41, 5.74) is 7.04. The molecule has 1 aromatic rings. The quantitative estimate of drug-likeness (QED) is 0.839. The van der Waals surface area contributed by atoms with Gasteiger partial charge < -0.3 is 20.5 Å². The molecule has 1 aliphatic heterocycles. The van der Waals surface area contributed by atoms with E-state index in [0.717, 1.165) is 29.9 Å². The van der Waals surface area contributed by atoms with E-state index in [1.54, 1.807) is 0 Å². The molecule has 0 saturated carbocycles. The van der Waals surface area contributed by atoms with E-state index in [9.17, 15) is 4.79 Å². The van der Waals surface area contributed by atoms with Crippen molar-refractivity contribution in [3.8, 4) is 11.5 Å². The van der Waals surface area contributed by atoms with Crippen molar-refractivity contribution in [2.45, 2.75) is 45.7 Å². The molecular formula is C16H24N2O3. The Morgan fingerprint density at radius 2 is 2.05 bits per heavy atom. The van der Waals surface area contributed by atoms with Gasteiger partial charge in [0.2, 0.25) is 12.7 Å². The lowest BCUT2D eigenvalue weighted by Gasteiger charge is -2.21. The number of hydrogen-bond acceptors (Lipinski definition) is 4. The van der Waals surface area contributed by atoms with E-state index in [2.05, 4.69) is 5.32 Å². The van der Waals surface area contributed by atoms with Crippen LogP contribution in [0, 0.1) is 5.92 Å². The van der Waals surface area contributed by atoms with Gasteiger partial charge in [-0.05, 0) is 37.0 Å². The number of rotatable bonds is 6. The highest BCUT2D eigenvalue weighted by molar-refractivity contribution is 5.82. The molecule has 3 atom stereocenters. The van der Waals surface area contributed by atoms with Crippen LogP contribution in [-0.2, 0) is 11.2 Å². The molecule has 1 aromatic carbocycles. The first-order chi connectivity index (χ1) is 10.0. The Morgan fingerprint density at radius 1 is 1.33 bits per heavy atom. The van der Waals surface area contributed by atoms with Gasteiger partial charge in [-0.3, -0.25) is 4.79 Å². The first-order valence-corrected chi connectivity index (χ1v) is 7.45. The topological polar surface area (TPSA) is 73.6 Å². The van der Waals surface area contributed by atoms with Crippen LogP contribution in [0.15, 0.2) is 18.2 Å². The smallest absolute Gasteiger partial charge is 0.237 e. The van der Waals surface area contributed by atoms with Crippen LogP contribution in [0.5, 0.6) is 11.5 Å². The van der Waals surface area contributed by atoms with Crippen LogP contribution in [0.2, 0.25) is 0 Å². The Labute approximate surface area is 125 Å². The average molecular weight is 292 g/mol. The fraction of sp³-hybridized carbons (Fsp3) is 0.562. The molecule has 1 aliphatic rings. The second-order valence-corrected chi connectivity index (χ2v) is 5.71. The van der Waals surface area contributed by atoms with Gasteiger partial charge in [-0.1, -0.05) is 26.3 Å². The summed E-state index contributed by atoms with van der Waals surface area (Å²) in [6, 6.07) is 5.42. The summed E-state index contributed by atoms with van der Waals surface area (Å²) in [4.78, 5) is 12.1. The first kappa shape index (κ1) is 15.6. The van der Waals surface area contributed by atoms with Crippen LogP contribution in [0.25, 0.3) is 0 Å². The average Bonchev–Trinajstić information content (AvgIpc) is 2.92. The van der Waals surface area contributed by atoms with Gasteiger partial charge in [0.1, 0.15) is 0 Å². The monoisotopic (exact) mass is 292 g/mol. The van der Waals surface area contributed by atoms with Crippen molar-refractivity contribution < 1.29 is 14.3 Å². The van der Waals surface area contributed by atoms with Crippen LogP contribution < -0.4 is 20.5 Å². The van der Waals surface area contributed by atoms with Crippen molar-refractivity contribution in [3.63, 3.8) is 0 Å². The molecule has 5 heteroatoms. The zero-order valence-electron chi connectivity index (χ0n) is 12.9. The van der Waals surface area contributed by atoms with E-state index in [4.69, 9.17) is 15.2 Å². The Hall–Kier alpha value is -1.75. The lowest BCUT2D eigenvalue weighted by atomic mass is 9.98. The number of hydrogen-bond donors (Lipinski definition) is 2. The van der Waals surface area contributed by atoms with Gasteiger partial charge >= 0.3 is 0 Å². The largest absolute Gasteiger partial charge is 0.454 e. The number of carbonyl (C=O) groups is 1. The number of ether oxygens (including phenoxy) is 2. The summed E-state index contributed by atoms with van der Waals surface area (Å²) in [5, 5.41) is 2.98. The third-order valence-corrected chi connectivity index (χ3v) is 3.93. The zero-order chi connectivity index (χ0) is 15.4. The summed E-state index contributed by atoms with van der Waals surface area (Å²) >= 11 is 0. The maximum absolute atomic E-state index is 12.1. The third-order valence-electron chi connectivity index (χ3n) is 3.93. The number of amides is 1. The molecule has 5 nitrogen and oxygen atoms in total. The Bertz CT molecular complexity index is 504. The number of nitrogens with two attached hydrogens (primary N) is 1. The van der Waals surface area contributed by atoms with Crippen molar-refractivity contribution >= 4 is 5.91 Å². The van der Waals surface area contributed by atoms with Gasteiger partial charge in [0.25, 0.3) is 0 Å². The summed E-state index contributed by atoms with van der Waals surface area (Å²) in [5.74, 6) is 1.64.